The van der Waals surface area contributed by atoms with Crippen LogP contribution in [0.3, 0.4) is 0 Å². The van der Waals surface area contributed by atoms with Gasteiger partial charge in [-0.15, -0.1) is 0 Å². The number of aliphatic hydroxyl groups excluding tert-OH is 1. The quantitative estimate of drug-likeness (QED) is 0.425. The van der Waals surface area contributed by atoms with Crippen molar-refractivity contribution in [2.45, 2.75) is 53.3 Å². The second-order valence-corrected chi connectivity index (χ2v) is 8.72. The van der Waals surface area contributed by atoms with Crippen LogP contribution < -0.4 is 4.74 Å². The molecular weight excluding hydrogens is 427 g/mol. The molecule has 0 spiro atoms. The molecule has 2 aromatic heterocycles. The molecule has 1 aliphatic rings. The van der Waals surface area contributed by atoms with Crippen molar-refractivity contribution in [1.82, 2.24) is 14.8 Å². The number of carbonyl (C=O) groups excluding carboxylic acids is 2. The molecule has 32 heavy (non-hydrogen) atoms. The molecule has 0 radical (unpaired) electrons. The van der Waals surface area contributed by atoms with Gasteiger partial charge in [-0.1, -0.05) is 13.8 Å². The third kappa shape index (κ3) is 4.39. The van der Waals surface area contributed by atoms with Gasteiger partial charge >= 0.3 is 6.18 Å². The largest absolute Gasteiger partial charge is 0.506 e. The number of rotatable bonds is 4. The number of methoxy groups -OCH3 is 1. The predicted molar refractivity (Wildman–Crippen MR) is 109 cm³/mol. The Morgan fingerprint density at radius 3 is 2.34 bits per heavy atom. The number of ketones is 2. The van der Waals surface area contributed by atoms with E-state index in [-0.39, 0.29) is 19.4 Å². The van der Waals surface area contributed by atoms with Gasteiger partial charge in [-0.2, -0.15) is 18.3 Å². The monoisotopic (exact) mass is 451 g/mol. The average molecular weight is 451 g/mol. The molecule has 0 unspecified atom stereocenters. The predicted octanol–water partition coefficient (Wildman–Crippen LogP) is 4.20. The van der Waals surface area contributed by atoms with Crippen LogP contribution in [0.25, 0.3) is 5.76 Å². The Bertz CT molecular complexity index is 1110. The number of nitrogens with zero attached hydrogens (tertiary/aromatic N) is 3. The number of Topliss-reactive ketones (excluding diaryl/α,β-unsaturated/α-hetero) is 2. The number of allylic oxidation sites excluding steroid dienone is 1. The van der Waals surface area contributed by atoms with Crippen molar-refractivity contribution in [3.63, 3.8) is 0 Å². The van der Waals surface area contributed by atoms with Gasteiger partial charge in [-0.3, -0.25) is 19.3 Å². The van der Waals surface area contributed by atoms with E-state index in [0.29, 0.717) is 17.0 Å². The molecule has 2 heterocycles. The van der Waals surface area contributed by atoms with Crippen molar-refractivity contribution >= 4 is 17.3 Å². The maximum absolute atomic E-state index is 13.7. The zero-order valence-corrected chi connectivity index (χ0v) is 18.4. The molecule has 10 heteroatoms. The summed E-state index contributed by atoms with van der Waals surface area (Å²) in [5, 5.41) is 14.2. The summed E-state index contributed by atoms with van der Waals surface area (Å²) in [5.41, 5.74) is -1.50. The lowest BCUT2D eigenvalue weighted by Crippen LogP contribution is -2.32. The van der Waals surface area contributed by atoms with Crippen LogP contribution in [0.5, 0.6) is 5.75 Å². The highest BCUT2D eigenvalue weighted by atomic mass is 19.4. The lowest BCUT2D eigenvalue weighted by Gasteiger charge is -2.28. The van der Waals surface area contributed by atoms with Crippen LogP contribution in [0.1, 0.15) is 54.8 Å². The van der Waals surface area contributed by atoms with E-state index >= 15 is 0 Å². The normalized spacial score (nSPS) is 16.4. The van der Waals surface area contributed by atoms with Gasteiger partial charge in [0.1, 0.15) is 17.1 Å². The molecule has 1 saturated carbocycles. The van der Waals surface area contributed by atoms with Gasteiger partial charge in [-0.05, 0) is 19.3 Å². The number of aliphatic hydroxyl groups is 1. The number of carbonyl (C=O) groups is 2. The zero-order valence-electron chi connectivity index (χ0n) is 18.4. The fourth-order valence-electron chi connectivity index (χ4n) is 3.93. The molecule has 0 aliphatic heterocycles. The van der Waals surface area contributed by atoms with Crippen LogP contribution in [0.4, 0.5) is 13.2 Å². The van der Waals surface area contributed by atoms with Crippen molar-refractivity contribution in [3.05, 3.63) is 46.0 Å². The van der Waals surface area contributed by atoms with Crippen LogP contribution >= 0.6 is 0 Å². The molecule has 1 fully saturated rings. The van der Waals surface area contributed by atoms with E-state index in [9.17, 15) is 27.9 Å². The van der Waals surface area contributed by atoms with Crippen molar-refractivity contribution in [1.29, 1.82) is 0 Å². The van der Waals surface area contributed by atoms with Crippen LogP contribution in [0, 0.1) is 19.3 Å². The molecule has 1 aliphatic carbocycles. The fourth-order valence-corrected chi connectivity index (χ4v) is 3.93. The van der Waals surface area contributed by atoms with Crippen molar-refractivity contribution in [2.24, 2.45) is 5.41 Å². The van der Waals surface area contributed by atoms with E-state index in [1.54, 1.807) is 27.7 Å². The van der Waals surface area contributed by atoms with Gasteiger partial charge < -0.3 is 9.84 Å². The summed E-state index contributed by atoms with van der Waals surface area (Å²) in [6.45, 7) is 6.80. The summed E-state index contributed by atoms with van der Waals surface area (Å²) in [6.07, 6.45) is -2.52. The lowest BCUT2D eigenvalue weighted by atomic mass is 9.73. The van der Waals surface area contributed by atoms with Gasteiger partial charge in [0.05, 0.1) is 24.9 Å². The van der Waals surface area contributed by atoms with Gasteiger partial charge in [-0.25, -0.2) is 0 Å². The van der Waals surface area contributed by atoms with E-state index < -0.39 is 45.7 Å². The van der Waals surface area contributed by atoms with E-state index in [1.807, 2.05) is 0 Å². The SMILES string of the molecule is COc1c(C)cnc(Cn2cc(C(O)=C3C(=O)CC(C)(C)CC3=O)c(C(F)(F)F)n2)c1C. The standard InChI is InChI=1S/C22H24F3N3O4/c1-11-8-26-14(12(2)19(11)32-5)10-28-9-13(20(27-28)22(23,24)25)18(31)17-15(29)6-21(3,4)7-16(17)30/h8-9,31H,6-7,10H2,1-5H3. The van der Waals surface area contributed by atoms with E-state index in [0.717, 1.165) is 16.4 Å². The van der Waals surface area contributed by atoms with Crippen molar-refractivity contribution in [2.75, 3.05) is 7.11 Å². The number of hydrogen-bond acceptors (Lipinski definition) is 6. The Labute approximate surface area is 182 Å². The number of halogens is 3. The first-order valence-electron chi connectivity index (χ1n) is 9.89. The van der Waals surface area contributed by atoms with Crippen LogP contribution in [0.15, 0.2) is 18.0 Å². The van der Waals surface area contributed by atoms with Crippen LogP contribution in [-0.4, -0.2) is 38.5 Å². The molecular formula is C22H24F3N3O4. The van der Waals surface area contributed by atoms with Crippen LogP contribution in [0.2, 0.25) is 0 Å². The minimum absolute atomic E-state index is 0.0557. The summed E-state index contributed by atoms with van der Waals surface area (Å²) in [6, 6.07) is 0. The molecule has 2 aromatic rings. The first-order chi connectivity index (χ1) is 14.7. The number of hydrogen-bond donors (Lipinski definition) is 1. The average Bonchev–Trinajstić information content (AvgIpc) is 3.07. The van der Waals surface area contributed by atoms with E-state index in [2.05, 4.69) is 10.1 Å². The number of aromatic nitrogens is 3. The molecule has 0 bridgehead atoms. The minimum atomic E-state index is -4.91. The van der Waals surface area contributed by atoms with Crippen LogP contribution in [-0.2, 0) is 22.3 Å². The number of pyridine rings is 1. The molecule has 0 saturated heterocycles. The topological polar surface area (TPSA) is 94.3 Å². The Balaban J connectivity index is 2.09. The molecule has 0 aromatic carbocycles. The minimum Gasteiger partial charge on any atom is -0.506 e. The molecule has 0 amide bonds. The van der Waals surface area contributed by atoms with Gasteiger partial charge in [0.15, 0.2) is 17.3 Å². The number of aryl methyl sites for hydroxylation is 1. The maximum Gasteiger partial charge on any atom is 0.435 e. The summed E-state index contributed by atoms with van der Waals surface area (Å²) < 4.78 is 47.3. The third-order valence-corrected chi connectivity index (χ3v) is 5.42. The Hall–Kier alpha value is -3.17. The van der Waals surface area contributed by atoms with Gasteiger partial charge in [0.2, 0.25) is 0 Å². The third-order valence-electron chi connectivity index (χ3n) is 5.42. The molecule has 172 valence electrons. The summed E-state index contributed by atoms with van der Waals surface area (Å²) in [7, 11) is 1.48. The molecule has 3 rings (SSSR count). The highest BCUT2D eigenvalue weighted by Gasteiger charge is 2.42. The van der Waals surface area contributed by atoms with E-state index in [1.165, 1.54) is 13.3 Å². The molecule has 0 atom stereocenters. The number of alkyl halides is 3. The maximum atomic E-state index is 13.7. The molecule has 7 nitrogen and oxygen atoms in total. The van der Waals surface area contributed by atoms with Crippen molar-refractivity contribution < 1.29 is 32.6 Å². The van der Waals surface area contributed by atoms with Gasteiger partial charge in [0, 0.05) is 36.4 Å². The second kappa shape index (κ2) is 8.07. The molecule has 1 N–H and O–H groups in total. The summed E-state index contributed by atoms with van der Waals surface area (Å²) in [4.78, 5) is 29.2. The Morgan fingerprint density at radius 1 is 1.22 bits per heavy atom. The first kappa shape index (κ1) is 23.5. The van der Waals surface area contributed by atoms with E-state index in [4.69, 9.17) is 4.74 Å². The lowest BCUT2D eigenvalue weighted by molar-refractivity contribution is -0.142. The van der Waals surface area contributed by atoms with Crippen molar-refractivity contribution in [3.8, 4) is 5.75 Å². The van der Waals surface area contributed by atoms with Gasteiger partial charge in [0.25, 0.3) is 0 Å². The zero-order chi connectivity index (χ0) is 24.0. The summed E-state index contributed by atoms with van der Waals surface area (Å²) in [5.74, 6) is -1.82. The number of ether oxygens (including phenoxy) is 1. The highest BCUT2D eigenvalue weighted by molar-refractivity contribution is 6.26. The smallest absolute Gasteiger partial charge is 0.435 e. The highest BCUT2D eigenvalue weighted by Crippen LogP contribution is 2.39. The summed E-state index contributed by atoms with van der Waals surface area (Å²) >= 11 is 0. The fraction of sp³-hybridized carbons (Fsp3) is 0.455. The second-order valence-electron chi connectivity index (χ2n) is 8.72. The first-order valence-corrected chi connectivity index (χ1v) is 9.89. The Kier molecular flexibility index (Phi) is 5.92. The Morgan fingerprint density at radius 2 is 1.81 bits per heavy atom.